The number of nitrogen functional groups attached to an aromatic ring is 1. The number of aryl methyl sites for hydroxylation is 1. The summed E-state index contributed by atoms with van der Waals surface area (Å²) in [5.41, 5.74) is 8.20. The Hall–Kier alpha value is -2.52. The number of rotatable bonds is 6. The number of aromatic nitrogens is 2. The van der Waals surface area contributed by atoms with E-state index in [-0.39, 0.29) is 23.6 Å². The number of nitrogens with two attached hydrogens (primary N) is 1. The Bertz CT molecular complexity index is 999. The van der Waals surface area contributed by atoms with Crippen LogP contribution in [0.3, 0.4) is 0 Å². The van der Waals surface area contributed by atoms with Crippen molar-refractivity contribution in [3.8, 4) is 0 Å². The van der Waals surface area contributed by atoms with Crippen molar-refractivity contribution in [1.82, 2.24) is 14.3 Å². The van der Waals surface area contributed by atoms with Crippen molar-refractivity contribution < 1.29 is 19.8 Å². The number of carboxylic acids is 1. The summed E-state index contributed by atoms with van der Waals surface area (Å²) in [6.45, 7) is 3.50. The predicted octanol–water partition coefficient (Wildman–Crippen LogP) is 1.35. The zero-order valence-corrected chi connectivity index (χ0v) is 16.4. The second kappa shape index (κ2) is 6.82. The van der Waals surface area contributed by atoms with Gasteiger partial charge in [0, 0.05) is 41.1 Å². The summed E-state index contributed by atoms with van der Waals surface area (Å²) in [5, 5.41) is 19.5. The second-order valence-corrected chi connectivity index (χ2v) is 8.47. The summed E-state index contributed by atoms with van der Waals surface area (Å²) >= 11 is 1.45. The number of aliphatic hydroxyl groups is 1. The van der Waals surface area contributed by atoms with Crippen LogP contribution in [0.15, 0.2) is 35.1 Å². The monoisotopic (exact) mass is 402 g/mol. The maximum Gasteiger partial charge on any atom is 0.353 e. The van der Waals surface area contributed by atoms with Crippen molar-refractivity contribution in [2.45, 2.75) is 32.4 Å². The standard InChI is InChI=1S/C19H22N4O4S/c1-9-15-14(10(2)24)18(25)23(15)16(19(26)27)17(9)28-6-5-12-8-22-7-11(20)3-4-13(22)21-12/h3-4,7-10,14-15,24H,5-6,20H2,1-2H3,(H,26,27)/t9-,10-,14+,15+/m1/s1. The molecule has 0 spiro atoms. The first kappa shape index (κ1) is 18.8. The Kier molecular flexibility index (Phi) is 4.59. The van der Waals surface area contributed by atoms with E-state index in [2.05, 4.69) is 4.98 Å². The van der Waals surface area contributed by atoms with Gasteiger partial charge in [0.1, 0.15) is 11.3 Å². The zero-order valence-electron chi connectivity index (χ0n) is 15.6. The molecule has 2 aromatic heterocycles. The van der Waals surface area contributed by atoms with Crippen molar-refractivity contribution >= 4 is 35.0 Å². The van der Waals surface area contributed by atoms with Gasteiger partial charge in [0.25, 0.3) is 0 Å². The highest BCUT2D eigenvalue weighted by Gasteiger charge is 2.59. The number of pyridine rings is 1. The second-order valence-electron chi connectivity index (χ2n) is 7.33. The predicted molar refractivity (Wildman–Crippen MR) is 105 cm³/mol. The molecular formula is C19H22N4O4S. The van der Waals surface area contributed by atoms with Gasteiger partial charge in [-0.3, -0.25) is 4.79 Å². The summed E-state index contributed by atoms with van der Waals surface area (Å²) in [7, 11) is 0. The smallest absolute Gasteiger partial charge is 0.353 e. The Balaban J connectivity index is 1.50. The van der Waals surface area contributed by atoms with Gasteiger partial charge in [-0.1, -0.05) is 6.92 Å². The van der Waals surface area contributed by atoms with Crippen LogP contribution in [0.1, 0.15) is 19.5 Å². The van der Waals surface area contributed by atoms with E-state index in [9.17, 15) is 19.8 Å². The van der Waals surface area contributed by atoms with E-state index < -0.39 is 18.0 Å². The van der Waals surface area contributed by atoms with Crippen LogP contribution in [0, 0.1) is 11.8 Å². The number of aliphatic hydroxyl groups excluding tert-OH is 1. The van der Waals surface area contributed by atoms with Crippen LogP contribution in [-0.4, -0.2) is 54.3 Å². The Morgan fingerprint density at radius 2 is 2.14 bits per heavy atom. The lowest BCUT2D eigenvalue weighted by Gasteiger charge is -2.46. The number of carboxylic acid groups (broad SMARTS) is 1. The van der Waals surface area contributed by atoms with Gasteiger partial charge >= 0.3 is 5.97 Å². The lowest BCUT2D eigenvalue weighted by atomic mass is 9.79. The molecule has 2 aliphatic rings. The highest BCUT2D eigenvalue weighted by atomic mass is 32.2. The average Bonchev–Trinajstić information content (AvgIpc) is 3.11. The Morgan fingerprint density at radius 3 is 2.82 bits per heavy atom. The van der Waals surface area contributed by atoms with E-state index in [1.165, 1.54) is 16.7 Å². The third kappa shape index (κ3) is 2.85. The number of hydrogen-bond donors (Lipinski definition) is 3. The normalized spacial score (nSPS) is 25.2. The molecule has 1 fully saturated rings. The number of hydrogen-bond acceptors (Lipinski definition) is 6. The first-order valence-electron chi connectivity index (χ1n) is 9.14. The number of imidazole rings is 1. The molecule has 0 aromatic carbocycles. The lowest BCUT2D eigenvalue weighted by Crippen LogP contribution is -2.63. The number of thioether (sulfide) groups is 1. The number of nitrogens with zero attached hydrogens (tertiary/aromatic N) is 3. The molecule has 0 aliphatic carbocycles. The lowest BCUT2D eigenvalue weighted by molar-refractivity contribution is -0.163. The topological polar surface area (TPSA) is 121 Å². The molecule has 148 valence electrons. The molecule has 9 heteroatoms. The molecule has 2 aromatic rings. The van der Waals surface area contributed by atoms with Crippen LogP contribution >= 0.6 is 11.8 Å². The van der Waals surface area contributed by atoms with E-state index in [0.29, 0.717) is 22.8 Å². The number of β-lactam (4-membered cyclic amide) rings is 1. The number of amides is 1. The van der Waals surface area contributed by atoms with Gasteiger partial charge in [-0.05, 0) is 19.1 Å². The van der Waals surface area contributed by atoms with E-state index in [0.717, 1.165) is 11.3 Å². The fourth-order valence-electron chi connectivity index (χ4n) is 4.16. The largest absolute Gasteiger partial charge is 0.477 e. The highest BCUT2D eigenvalue weighted by Crippen LogP contribution is 2.50. The molecule has 4 rings (SSSR count). The van der Waals surface area contributed by atoms with Gasteiger partial charge in [-0.25, -0.2) is 9.78 Å². The molecular weight excluding hydrogens is 380 g/mol. The number of carbonyl (C=O) groups excluding carboxylic acids is 1. The third-order valence-electron chi connectivity index (χ3n) is 5.45. The molecule has 4 N–H and O–H groups in total. The van der Waals surface area contributed by atoms with Crippen LogP contribution < -0.4 is 5.73 Å². The van der Waals surface area contributed by atoms with Crippen molar-refractivity contribution in [2.24, 2.45) is 11.8 Å². The van der Waals surface area contributed by atoms with Gasteiger partial charge in [0.2, 0.25) is 5.91 Å². The van der Waals surface area contributed by atoms with Crippen molar-refractivity contribution in [3.63, 3.8) is 0 Å². The molecule has 0 unspecified atom stereocenters. The fourth-order valence-corrected chi connectivity index (χ4v) is 5.42. The summed E-state index contributed by atoms with van der Waals surface area (Å²) in [4.78, 5) is 30.7. The SMILES string of the molecule is C[C@@H](O)[C@@H]1C(=O)N2C(C(=O)O)=C(SCCc3cn4cc(N)ccc4n3)[C@H](C)[C@@H]12. The minimum atomic E-state index is -1.10. The van der Waals surface area contributed by atoms with Gasteiger partial charge < -0.3 is 25.2 Å². The molecule has 2 aliphatic heterocycles. The maximum atomic E-state index is 12.3. The summed E-state index contributed by atoms with van der Waals surface area (Å²) in [6, 6.07) is 3.37. The van der Waals surface area contributed by atoms with E-state index in [1.54, 1.807) is 19.2 Å². The molecule has 0 saturated carbocycles. The van der Waals surface area contributed by atoms with Crippen LogP contribution in [0.4, 0.5) is 5.69 Å². The van der Waals surface area contributed by atoms with Crippen LogP contribution in [0.25, 0.3) is 5.65 Å². The van der Waals surface area contributed by atoms with Crippen molar-refractivity contribution in [3.05, 3.63) is 40.8 Å². The minimum absolute atomic E-state index is 0.0622. The van der Waals surface area contributed by atoms with Crippen LogP contribution in [0.2, 0.25) is 0 Å². The Morgan fingerprint density at radius 1 is 1.39 bits per heavy atom. The summed E-state index contributed by atoms with van der Waals surface area (Å²) in [6.07, 6.45) is 3.58. The third-order valence-corrected chi connectivity index (χ3v) is 6.74. The van der Waals surface area contributed by atoms with Crippen molar-refractivity contribution in [2.75, 3.05) is 11.5 Å². The van der Waals surface area contributed by atoms with E-state index in [1.807, 2.05) is 23.6 Å². The van der Waals surface area contributed by atoms with Gasteiger partial charge in [0.15, 0.2) is 0 Å². The molecule has 28 heavy (non-hydrogen) atoms. The average molecular weight is 402 g/mol. The van der Waals surface area contributed by atoms with Gasteiger partial charge in [-0.15, -0.1) is 11.8 Å². The first-order valence-corrected chi connectivity index (χ1v) is 10.1. The van der Waals surface area contributed by atoms with E-state index >= 15 is 0 Å². The molecule has 4 atom stereocenters. The van der Waals surface area contributed by atoms with E-state index in [4.69, 9.17) is 5.73 Å². The molecule has 0 radical (unpaired) electrons. The number of carbonyl (C=O) groups is 2. The van der Waals surface area contributed by atoms with Gasteiger partial charge in [0.05, 0.1) is 23.8 Å². The summed E-state index contributed by atoms with van der Waals surface area (Å²) < 4.78 is 1.87. The zero-order chi connectivity index (χ0) is 20.2. The number of fused-ring (bicyclic) bond motifs is 2. The Labute approximate surface area is 166 Å². The van der Waals surface area contributed by atoms with Gasteiger partial charge in [-0.2, -0.15) is 0 Å². The minimum Gasteiger partial charge on any atom is -0.477 e. The summed E-state index contributed by atoms with van der Waals surface area (Å²) in [5.74, 6) is -1.42. The maximum absolute atomic E-state index is 12.3. The number of aliphatic carboxylic acids is 1. The highest BCUT2D eigenvalue weighted by molar-refractivity contribution is 8.03. The molecule has 1 amide bonds. The first-order chi connectivity index (χ1) is 13.3. The van der Waals surface area contributed by atoms with Crippen LogP contribution in [-0.2, 0) is 16.0 Å². The molecule has 1 saturated heterocycles. The molecule has 8 nitrogen and oxygen atoms in total. The fraction of sp³-hybridized carbons (Fsp3) is 0.421. The molecule has 4 heterocycles. The molecule has 0 bridgehead atoms. The van der Waals surface area contributed by atoms with Crippen molar-refractivity contribution in [1.29, 1.82) is 0 Å². The van der Waals surface area contributed by atoms with Crippen LogP contribution in [0.5, 0.6) is 0 Å². The quantitative estimate of drug-likeness (QED) is 0.624. The number of anilines is 1.